The van der Waals surface area contributed by atoms with E-state index in [1.165, 1.54) is 23.2 Å². The number of nitrogens with two attached hydrogens (primary N) is 1. The summed E-state index contributed by atoms with van der Waals surface area (Å²) in [4.78, 5) is 2.52. The van der Waals surface area contributed by atoms with Gasteiger partial charge in [0.15, 0.2) is 0 Å². The van der Waals surface area contributed by atoms with Crippen LogP contribution in [0.5, 0.6) is 0 Å². The number of para-hydroxylation sites is 1. The molecule has 2 rings (SSSR count). The number of nitrogens with zero attached hydrogens (tertiary/aromatic N) is 1. The van der Waals surface area contributed by atoms with E-state index in [0.717, 1.165) is 32.4 Å². The molecule has 1 fully saturated rings. The molecule has 1 aliphatic rings. The molecule has 1 aliphatic heterocycles. The Morgan fingerprint density at radius 1 is 1.22 bits per heavy atom. The number of hydrogen-bond donors (Lipinski definition) is 1. The highest BCUT2D eigenvalue weighted by Gasteiger charge is 2.28. The van der Waals surface area contributed by atoms with Crippen LogP contribution in [-0.4, -0.2) is 18.6 Å². The molecular weight excluding hydrogens is 220 g/mol. The fraction of sp³-hybridized carbons (Fsp3) is 0.625. The van der Waals surface area contributed by atoms with E-state index in [1.54, 1.807) is 0 Å². The van der Waals surface area contributed by atoms with Crippen molar-refractivity contribution < 1.29 is 0 Å². The van der Waals surface area contributed by atoms with Gasteiger partial charge in [-0.1, -0.05) is 32.0 Å². The van der Waals surface area contributed by atoms with Gasteiger partial charge in [-0.25, -0.2) is 0 Å². The molecule has 0 bridgehead atoms. The van der Waals surface area contributed by atoms with Crippen LogP contribution >= 0.6 is 0 Å². The molecule has 0 saturated carbocycles. The van der Waals surface area contributed by atoms with Crippen molar-refractivity contribution in [2.24, 2.45) is 5.73 Å². The minimum Gasteiger partial charge on any atom is -0.369 e. The fourth-order valence-corrected chi connectivity index (χ4v) is 3.08. The van der Waals surface area contributed by atoms with Crippen molar-refractivity contribution in [2.45, 2.75) is 52.0 Å². The van der Waals surface area contributed by atoms with Gasteiger partial charge in [-0.2, -0.15) is 0 Å². The first-order valence-corrected chi connectivity index (χ1v) is 7.22. The minimum absolute atomic E-state index is 0.0376. The lowest BCUT2D eigenvalue weighted by atomic mass is 9.90. The lowest BCUT2D eigenvalue weighted by molar-refractivity contribution is 0.374. The van der Waals surface area contributed by atoms with Crippen molar-refractivity contribution in [3.05, 3.63) is 29.3 Å². The summed E-state index contributed by atoms with van der Waals surface area (Å²) in [6, 6.07) is 6.71. The van der Waals surface area contributed by atoms with Crippen LogP contribution in [0.25, 0.3) is 0 Å². The van der Waals surface area contributed by atoms with Gasteiger partial charge in [0, 0.05) is 24.3 Å². The van der Waals surface area contributed by atoms with Gasteiger partial charge >= 0.3 is 0 Å². The molecule has 0 amide bonds. The van der Waals surface area contributed by atoms with Gasteiger partial charge in [-0.3, -0.25) is 0 Å². The Kier molecular flexibility index (Phi) is 3.96. The molecule has 0 spiro atoms. The maximum Gasteiger partial charge on any atom is 0.0431 e. The average molecular weight is 246 g/mol. The van der Waals surface area contributed by atoms with Crippen molar-refractivity contribution in [3.8, 4) is 0 Å². The van der Waals surface area contributed by atoms with E-state index in [4.69, 9.17) is 5.73 Å². The van der Waals surface area contributed by atoms with Gasteiger partial charge in [0.25, 0.3) is 0 Å². The Bertz CT molecular complexity index is 387. The largest absolute Gasteiger partial charge is 0.369 e. The molecule has 100 valence electrons. The van der Waals surface area contributed by atoms with E-state index in [1.807, 2.05) is 0 Å². The summed E-state index contributed by atoms with van der Waals surface area (Å²) in [6.45, 7) is 8.79. The summed E-state index contributed by atoms with van der Waals surface area (Å²) in [6.07, 6.45) is 4.54. The van der Waals surface area contributed by atoms with Crippen LogP contribution in [0.3, 0.4) is 0 Å². The van der Waals surface area contributed by atoms with Gasteiger partial charge in [-0.15, -0.1) is 0 Å². The number of aryl methyl sites for hydroxylation is 2. The molecule has 1 atom stereocenters. The standard InChI is InChI=1S/C16H26N2/c1-4-13-8-6-9-14(5-2)15(13)18-11-7-10-16(3,17)12-18/h6,8-9H,4-5,7,10-12,17H2,1-3H3. The van der Waals surface area contributed by atoms with Crippen molar-refractivity contribution in [2.75, 3.05) is 18.0 Å². The second kappa shape index (κ2) is 5.31. The number of piperidine rings is 1. The smallest absolute Gasteiger partial charge is 0.0431 e. The highest BCUT2D eigenvalue weighted by atomic mass is 15.2. The molecule has 1 aromatic carbocycles. The maximum absolute atomic E-state index is 6.35. The van der Waals surface area contributed by atoms with Crippen LogP contribution in [0, 0.1) is 0 Å². The van der Waals surface area contributed by atoms with E-state index < -0.39 is 0 Å². The Hall–Kier alpha value is -1.02. The van der Waals surface area contributed by atoms with Gasteiger partial charge in [0.2, 0.25) is 0 Å². The second-order valence-corrected chi connectivity index (χ2v) is 5.81. The molecule has 18 heavy (non-hydrogen) atoms. The van der Waals surface area contributed by atoms with Crippen LogP contribution in [0.4, 0.5) is 5.69 Å². The Morgan fingerprint density at radius 3 is 2.33 bits per heavy atom. The van der Waals surface area contributed by atoms with Gasteiger partial charge in [-0.05, 0) is 43.7 Å². The zero-order valence-corrected chi connectivity index (χ0v) is 12.0. The first-order valence-electron chi connectivity index (χ1n) is 7.22. The van der Waals surface area contributed by atoms with Gasteiger partial charge in [0.1, 0.15) is 0 Å². The Morgan fingerprint density at radius 2 is 1.83 bits per heavy atom. The van der Waals surface area contributed by atoms with E-state index in [-0.39, 0.29) is 5.54 Å². The van der Waals surface area contributed by atoms with Crippen LogP contribution in [0.1, 0.15) is 44.7 Å². The summed E-state index contributed by atoms with van der Waals surface area (Å²) in [7, 11) is 0. The number of rotatable bonds is 3. The van der Waals surface area contributed by atoms with Crippen LogP contribution < -0.4 is 10.6 Å². The second-order valence-electron chi connectivity index (χ2n) is 5.81. The van der Waals surface area contributed by atoms with Crippen LogP contribution in [-0.2, 0) is 12.8 Å². The molecule has 1 heterocycles. The van der Waals surface area contributed by atoms with Crippen molar-refractivity contribution in [3.63, 3.8) is 0 Å². The molecule has 0 aliphatic carbocycles. The summed E-state index contributed by atoms with van der Waals surface area (Å²) >= 11 is 0. The first-order chi connectivity index (χ1) is 8.57. The molecule has 1 saturated heterocycles. The molecule has 0 aromatic heterocycles. The number of benzene rings is 1. The van der Waals surface area contributed by atoms with Crippen LogP contribution in [0.2, 0.25) is 0 Å². The quantitative estimate of drug-likeness (QED) is 0.888. The van der Waals surface area contributed by atoms with E-state index in [0.29, 0.717) is 0 Å². The third-order valence-electron chi connectivity index (χ3n) is 4.01. The predicted molar refractivity (Wildman–Crippen MR) is 79.2 cm³/mol. The average Bonchev–Trinajstić information content (AvgIpc) is 2.36. The zero-order valence-electron chi connectivity index (χ0n) is 12.0. The van der Waals surface area contributed by atoms with E-state index in [2.05, 4.69) is 43.9 Å². The highest BCUT2D eigenvalue weighted by molar-refractivity contribution is 5.60. The molecule has 2 N–H and O–H groups in total. The Labute approximate surface area is 111 Å². The molecule has 0 radical (unpaired) electrons. The molecule has 1 unspecified atom stereocenters. The summed E-state index contributed by atoms with van der Waals surface area (Å²) in [5.41, 5.74) is 10.7. The lowest BCUT2D eigenvalue weighted by Crippen LogP contribution is -2.52. The van der Waals surface area contributed by atoms with Crippen molar-refractivity contribution in [1.82, 2.24) is 0 Å². The SMILES string of the molecule is CCc1cccc(CC)c1N1CCCC(C)(N)C1. The zero-order chi connectivity index (χ0) is 13.2. The summed E-state index contributed by atoms with van der Waals surface area (Å²) in [5, 5.41) is 0. The predicted octanol–water partition coefficient (Wildman–Crippen LogP) is 3.13. The van der Waals surface area contributed by atoms with Gasteiger partial charge in [0.05, 0.1) is 0 Å². The number of anilines is 1. The van der Waals surface area contributed by atoms with E-state index >= 15 is 0 Å². The monoisotopic (exact) mass is 246 g/mol. The third-order valence-corrected chi connectivity index (χ3v) is 4.01. The minimum atomic E-state index is -0.0376. The van der Waals surface area contributed by atoms with Crippen molar-refractivity contribution >= 4 is 5.69 Å². The Balaban J connectivity index is 2.36. The first kappa shape index (κ1) is 13.4. The molecular formula is C16H26N2. The lowest BCUT2D eigenvalue weighted by Gasteiger charge is -2.41. The highest BCUT2D eigenvalue weighted by Crippen LogP contribution is 2.31. The fourth-order valence-electron chi connectivity index (χ4n) is 3.08. The maximum atomic E-state index is 6.35. The van der Waals surface area contributed by atoms with Gasteiger partial charge < -0.3 is 10.6 Å². The molecule has 2 heteroatoms. The number of hydrogen-bond acceptors (Lipinski definition) is 2. The molecule has 1 aromatic rings. The third kappa shape index (κ3) is 2.69. The van der Waals surface area contributed by atoms with E-state index in [9.17, 15) is 0 Å². The topological polar surface area (TPSA) is 29.3 Å². The molecule has 2 nitrogen and oxygen atoms in total. The van der Waals surface area contributed by atoms with Crippen molar-refractivity contribution in [1.29, 1.82) is 0 Å². The summed E-state index contributed by atoms with van der Waals surface area (Å²) < 4.78 is 0. The summed E-state index contributed by atoms with van der Waals surface area (Å²) in [5.74, 6) is 0. The normalized spacial score (nSPS) is 24.3. The van der Waals surface area contributed by atoms with Crippen LogP contribution in [0.15, 0.2) is 18.2 Å².